The molecule has 0 aliphatic carbocycles. The van der Waals surface area contributed by atoms with E-state index >= 15 is 0 Å². The van der Waals surface area contributed by atoms with Crippen molar-refractivity contribution in [1.29, 1.82) is 0 Å². The maximum absolute atomic E-state index is 5.58. The molecule has 0 fully saturated rings. The first-order chi connectivity index (χ1) is 9.06. The van der Waals surface area contributed by atoms with E-state index in [0.29, 0.717) is 0 Å². The zero-order valence-corrected chi connectivity index (χ0v) is 13.0. The zero-order valence-electron chi connectivity index (χ0n) is 12.2. The second-order valence-corrected chi connectivity index (χ2v) is 6.19. The largest absolute Gasteiger partial charge is 0.496 e. The summed E-state index contributed by atoms with van der Waals surface area (Å²) in [4.78, 5) is 2.66. The second kappa shape index (κ2) is 5.76. The molecule has 102 valence electrons. The average Bonchev–Trinajstić information content (AvgIpc) is 2.78. The molecular weight excluding hydrogens is 254 g/mol. The zero-order chi connectivity index (χ0) is 14.0. The molecule has 2 rings (SSSR count). The van der Waals surface area contributed by atoms with Crippen LogP contribution in [0.4, 0.5) is 0 Å². The number of nitrogens with one attached hydrogen (secondary N) is 1. The lowest BCUT2D eigenvalue weighted by Gasteiger charge is -2.21. The Bertz CT molecular complexity index is 574. The summed E-state index contributed by atoms with van der Waals surface area (Å²) in [7, 11) is 3.74. The Hall–Kier alpha value is -1.32. The van der Waals surface area contributed by atoms with E-state index in [1.165, 1.54) is 26.4 Å². The van der Waals surface area contributed by atoms with Crippen LogP contribution in [0.1, 0.15) is 32.5 Å². The first-order valence-electron chi connectivity index (χ1n) is 6.45. The lowest BCUT2D eigenvalue weighted by molar-refractivity contribution is 0.405. The van der Waals surface area contributed by atoms with Gasteiger partial charge in [-0.2, -0.15) is 0 Å². The summed E-state index contributed by atoms with van der Waals surface area (Å²) in [6, 6.07) is 8.87. The maximum Gasteiger partial charge on any atom is 0.124 e. The molecule has 0 amide bonds. The van der Waals surface area contributed by atoms with Crippen LogP contribution in [0.15, 0.2) is 24.3 Å². The first kappa shape index (κ1) is 14.1. The van der Waals surface area contributed by atoms with E-state index in [-0.39, 0.29) is 6.04 Å². The monoisotopic (exact) mass is 275 g/mol. The molecule has 1 atom stereocenters. The third-order valence-corrected chi connectivity index (χ3v) is 4.40. The topological polar surface area (TPSA) is 21.3 Å². The predicted molar refractivity (Wildman–Crippen MR) is 82.4 cm³/mol. The van der Waals surface area contributed by atoms with Crippen molar-refractivity contribution >= 4 is 11.3 Å². The van der Waals surface area contributed by atoms with Crippen LogP contribution < -0.4 is 10.1 Å². The van der Waals surface area contributed by atoms with Crippen LogP contribution in [0, 0.1) is 20.8 Å². The molecule has 2 nitrogen and oxygen atoms in total. The van der Waals surface area contributed by atoms with E-state index in [1.54, 1.807) is 7.11 Å². The Balaban J connectivity index is 2.55. The minimum atomic E-state index is 0.189. The van der Waals surface area contributed by atoms with E-state index in [2.05, 4.69) is 50.4 Å². The normalized spacial score (nSPS) is 12.5. The van der Waals surface area contributed by atoms with E-state index in [0.717, 1.165) is 5.75 Å². The molecule has 19 heavy (non-hydrogen) atoms. The van der Waals surface area contributed by atoms with Crippen LogP contribution >= 0.6 is 11.3 Å². The lowest BCUT2D eigenvalue weighted by Crippen LogP contribution is -2.18. The highest BCUT2D eigenvalue weighted by Gasteiger charge is 2.20. The van der Waals surface area contributed by atoms with Gasteiger partial charge in [0.2, 0.25) is 0 Å². The van der Waals surface area contributed by atoms with Crippen LogP contribution in [0.25, 0.3) is 0 Å². The summed E-state index contributed by atoms with van der Waals surface area (Å²) in [5.41, 5.74) is 3.73. The van der Waals surface area contributed by atoms with Gasteiger partial charge < -0.3 is 10.1 Å². The molecule has 2 aromatic rings. The molecule has 1 aromatic carbocycles. The highest BCUT2D eigenvalue weighted by molar-refractivity contribution is 7.12. The van der Waals surface area contributed by atoms with Crippen LogP contribution in [-0.2, 0) is 0 Å². The molecule has 1 heterocycles. The number of ether oxygens (including phenoxy) is 1. The van der Waals surface area contributed by atoms with Crippen molar-refractivity contribution in [2.75, 3.05) is 14.2 Å². The van der Waals surface area contributed by atoms with Crippen molar-refractivity contribution in [3.63, 3.8) is 0 Å². The van der Waals surface area contributed by atoms with Gasteiger partial charge in [-0.05, 0) is 57.1 Å². The third kappa shape index (κ3) is 2.82. The van der Waals surface area contributed by atoms with Crippen molar-refractivity contribution in [3.8, 4) is 5.75 Å². The fraction of sp³-hybridized carbons (Fsp3) is 0.375. The van der Waals surface area contributed by atoms with Gasteiger partial charge in [0.25, 0.3) is 0 Å². The number of aryl methyl sites for hydroxylation is 3. The number of benzene rings is 1. The standard InChI is InChI=1S/C16H21NOS/c1-10-8-11(2)15(13(9-10)18-5)16(17-4)14-7-6-12(3)19-14/h6-9,16-17H,1-5H3. The molecule has 1 N–H and O–H groups in total. The minimum absolute atomic E-state index is 0.189. The number of methoxy groups -OCH3 is 1. The van der Waals surface area contributed by atoms with Crippen molar-refractivity contribution in [2.24, 2.45) is 0 Å². The van der Waals surface area contributed by atoms with E-state index < -0.39 is 0 Å². The van der Waals surface area contributed by atoms with Gasteiger partial charge in [0, 0.05) is 15.3 Å². The van der Waals surface area contributed by atoms with Gasteiger partial charge in [-0.1, -0.05) is 6.07 Å². The Morgan fingerprint density at radius 3 is 2.42 bits per heavy atom. The van der Waals surface area contributed by atoms with Crippen LogP contribution in [0.5, 0.6) is 5.75 Å². The minimum Gasteiger partial charge on any atom is -0.496 e. The van der Waals surface area contributed by atoms with Gasteiger partial charge >= 0.3 is 0 Å². The Morgan fingerprint density at radius 1 is 1.16 bits per heavy atom. The summed E-state index contributed by atoms with van der Waals surface area (Å²) in [6.07, 6.45) is 0. The summed E-state index contributed by atoms with van der Waals surface area (Å²) in [5.74, 6) is 0.961. The fourth-order valence-corrected chi connectivity index (χ4v) is 3.51. The molecule has 0 saturated heterocycles. The van der Waals surface area contributed by atoms with Crippen molar-refractivity contribution < 1.29 is 4.74 Å². The van der Waals surface area contributed by atoms with Crippen molar-refractivity contribution in [1.82, 2.24) is 5.32 Å². The average molecular weight is 275 g/mol. The smallest absolute Gasteiger partial charge is 0.124 e. The molecule has 0 bridgehead atoms. The summed E-state index contributed by atoms with van der Waals surface area (Å²) < 4.78 is 5.58. The van der Waals surface area contributed by atoms with Gasteiger partial charge in [0.15, 0.2) is 0 Å². The molecule has 3 heteroatoms. The molecule has 0 saturated carbocycles. The number of hydrogen-bond acceptors (Lipinski definition) is 3. The van der Waals surface area contributed by atoms with E-state index in [9.17, 15) is 0 Å². The molecular formula is C16H21NOS. The van der Waals surface area contributed by atoms with E-state index in [4.69, 9.17) is 4.74 Å². The van der Waals surface area contributed by atoms with Gasteiger partial charge in [-0.15, -0.1) is 11.3 Å². The van der Waals surface area contributed by atoms with Crippen molar-refractivity contribution in [2.45, 2.75) is 26.8 Å². The van der Waals surface area contributed by atoms with Gasteiger partial charge in [-0.3, -0.25) is 0 Å². The number of rotatable bonds is 4. The lowest BCUT2D eigenvalue weighted by atomic mass is 9.97. The van der Waals surface area contributed by atoms with Crippen LogP contribution in [-0.4, -0.2) is 14.2 Å². The molecule has 1 aromatic heterocycles. The SMILES string of the molecule is CNC(c1ccc(C)s1)c1c(C)cc(C)cc1OC. The number of hydrogen-bond donors (Lipinski definition) is 1. The Kier molecular flexibility index (Phi) is 4.27. The first-order valence-corrected chi connectivity index (χ1v) is 7.27. The van der Waals surface area contributed by atoms with Gasteiger partial charge in [-0.25, -0.2) is 0 Å². The molecule has 0 aliphatic rings. The second-order valence-electron chi connectivity index (χ2n) is 4.87. The highest BCUT2D eigenvalue weighted by atomic mass is 32.1. The predicted octanol–water partition coefficient (Wildman–Crippen LogP) is 3.99. The molecule has 0 aliphatic heterocycles. The van der Waals surface area contributed by atoms with Crippen LogP contribution in [0.2, 0.25) is 0 Å². The maximum atomic E-state index is 5.58. The van der Waals surface area contributed by atoms with Crippen LogP contribution in [0.3, 0.4) is 0 Å². The highest BCUT2D eigenvalue weighted by Crippen LogP contribution is 2.36. The fourth-order valence-electron chi connectivity index (χ4n) is 2.52. The summed E-state index contributed by atoms with van der Waals surface area (Å²) >= 11 is 1.83. The third-order valence-electron chi connectivity index (χ3n) is 3.34. The van der Waals surface area contributed by atoms with Gasteiger partial charge in [0.05, 0.1) is 13.2 Å². The summed E-state index contributed by atoms with van der Waals surface area (Å²) in [6.45, 7) is 6.39. The quantitative estimate of drug-likeness (QED) is 0.911. The van der Waals surface area contributed by atoms with Crippen molar-refractivity contribution in [3.05, 3.63) is 50.7 Å². The number of thiophene rings is 1. The van der Waals surface area contributed by atoms with E-state index in [1.807, 2.05) is 18.4 Å². The van der Waals surface area contributed by atoms with Gasteiger partial charge in [0.1, 0.15) is 5.75 Å². The summed E-state index contributed by atoms with van der Waals surface area (Å²) in [5, 5.41) is 3.41. The Labute approximate surface area is 119 Å². The molecule has 1 unspecified atom stereocenters. The molecule has 0 spiro atoms. The Morgan fingerprint density at radius 2 is 1.89 bits per heavy atom. The molecule has 0 radical (unpaired) electrons.